The van der Waals surface area contributed by atoms with Crippen LogP contribution in [0.4, 0.5) is 13.2 Å². The highest BCUT2D eigenvalue weighted by atomic mass is 32.2. The molecule has 0 fully saturated rings. The van der Waals surface area contributed by atoms with Crippen LogP contribution in [0.5, 0.6) is 5.75 Å². The Balaban J connectivity index is 2.22. The Hall–Kier alpha value is -2.35. The molecule has 3 rings (SSSR count). The van der Waals surface area contributed by atoms with Gasteiger partial charge in [0.15, 0.2) is 0 Å². The third-order valence-corrected chi connectivity index (χ3v) is 5.15. The lowest BCUT2D eigenvalue weighted by Crippen LogP contribution is -2.29. The first-order chi connectivity index (χ1) is 11.5. The van der Waals surface area contributed by atoms with Crippen LogP contribution >= 0.6 is 0 Å². The van der Waals surface area contributed by atoms with Crippen molar-refractivity contribution in [3.63, 3.8) is 0 Å². The van der Waals surface area contributed by atoms with Gasteiger partial charge in [0.2, 0.25) is 0 Å². The summed E-state index contributed by atoms with van der Waals surface area (Å²) in [5.74, 6) is 0.300. The summed E-state index contributed by atoms with van der Waals surface area (Å²) >= 11 is 0. The van der Waals surface area contributed by atoms with Gasteiger partial charge in [-0.05, 0) is 50.3 Å². The van der Waals surface area contributed by atoms with E-state index in [9.17, 15) is 21.6 Å². The molecule has 0 unspecified atom stereocenters. The van der Waals surface area contributed by atoms with Gasteiger partial charge in [0.05, 0.1) is 10.6 Å². The summed E-state index contributed by atoms with van der Waals surface area (Å²) in [6, 6.07) is 8.27. The molecule has 0 saturated heterocycles. The van der Waals surface area contributed by atoms with Crippen molar-refractivity contribution in [1.29, 1.82) is 0 Å². The van der Waals surface area contributed by atoms with E-state index in [2.05, 4.69) is 4.98 Å². The molecular formula is C17H14F3NO3S. The summed E-state index contributed by atoms with van der Waals surface area (Å²) in [5, 5.41) is 0. The fourth-order valence-corrected chi connectivity index (χ4v) is 3.37. The second-order valence-electron chi connectivity index (χ2n) is 6.09. The summed E-state index contributed by atoms with van der Waals surface area (Å²) in [5.41, 5.74) is -4.80. The van der Waals surface area contributed by atoms with Gasteiger partial charge in [-0.1, -0.05) is 6.07 Å². The van der Waals surface area contributed by atoms with Crippen molar-refractivity contribution in [3.05, 3.63) is 59.9 Å². The number of nitrogens with zero attached hydrogens (tertiary/aromatic N) is 1. The van der Waals surface area contributed by atoms with E-state index in [1.807, 2.05) is 0 Å². The molecule has 0 radical (unpaired) electrons. The van der Waals surface area contributed by atoms with Crippen molar-refractivity contribution >= 4 is 15.4 Å². The number of hydrogen-bond donors (Lipinski definition) is 0. The smallest absolute Gasteiger partial charge is 0.483 e. The number of alkyl halides is 3. The minimum atomic E-state index is -5.45. The average molecular weight is 369 g/mol. The molecule has 2 heterocycles. The molecule has 0 bridgehead atoms. The molecule has 0 atom stereocenters. The maximum Gasteiger partial charge on any atom is 0.501 e. The normalized spacial score (nSPS) is 16.6. The molecule has 8 heteroatoms. The third-order valence-electron chi connectivity index (χ3n) is 3.66. The minimum Gasteiger partial charge on any atom is -0.483 e. The van der Waals surface area contributed by atoms with E-state index in [0.29, 0.717) is 17.0 Å². The van der Waals surface area contributed by atoms with Gasteiger partial charge in [0.25, 0.3) is 9.84 Å². The fraction of sp³-hybridized carbons (Fsp3) is 0.235. The number of aromatic nitrogens is 1. The summed E-state index contributed by atoms with van der Waals surface area (Å²) in [6.07, 6.45) is 3.26. The van der Waals surface area contributed by atoms with E-state index in [4.69, 9.17) is 4.74 Å². The van der Waals surface area contributed by atoms with Crippen molar-refractivity contribution in [2.45, 2.75) is 29.9 Å². The molecule has 1 aliphatic heterocycles. The van der Waals surface area contributed by atoms with Crippen molar-refractivity contribution in [1.82, 2.24) is 4.98 Å². The van der Waals surface area contributed by atoms with E-state index in [1.54, 1.807) is 44.3 Å². The number of sulfone groups is 1. The topological polar surface area (TPSA) is 56.3 Å². The molecule has 1 aliphatic rings. The number of fused-ring (bicyclic) bond motifs is 1. The second-order valence-corrected chi connectivity index (χ2v) is 8.03. The highest BCUT2D eigenvalue weighted by Crippen LogP contribution is 2.41. The SMILES string of the molecule is CC1(C)C=C(c2ccccn2)c2cc(S(=O)(=O)C(F)(F)F)ccc2O1. The summed E-state index contributed by atoms with van der Waals surface area (Å²) in [7, 11) is -5.45. The molecule has 0 amide bonds. The first kappa shape index (κ1) is 17.5. The standard InChI is InChI=1S/C17H14F3NO3S/c1-16(2)10-13(14-5-3-4-8-21-14)12-9-11(6-7-15(12)24-16)25(22,23)17(18,19)20/h3-10H,1-2H3. The van der Waals surface area contributed by atoms with E-state index < -0.39 is 25.8 Å². The van der Waals surface area contributed by atoms with Crippen molar-refractivity contribution < 1.29 is 26.3 Å². The first-order valence-corrected chi connectivity index (χ1v) is 8.79. The van der Waals surface area contributed by atoms with Gasteiger partial charge in [-0.15, -0.1) is 0 Å². The van der Waals surface area contributed by atoms with Crippen molar-refractivity contribution in [2.75, 3.05) is 0 Å². The zero-order chi connectivity index (χ0) is 18.5. The van der Waals surface area contributed by atoms with Crippen LogP contribution in [-0.4, -0.2) is 24.5 Å². The monoisotopic (exact) mass is 369 g/mol. The highest BCUT2D eigenvalue weighted by molar-refractivity contribution is 7.92. The van der Waals surface area contributed by atoms with Crippen LogP contribution in [0.2, 0.25) is 0 Å². The number of ether oxygens (including phenoxy) is 1. The van der Waals surface area contributed by atoms with Crippen molar-refractivity contribution in [2.24, 2.45) is 0 Å². The summed E-state index contributed by atoms with van der Waals surface area (Å²) in [6.45, 7) is 3.58. The Morgan fingerprint density at radius 1 is 1.12 bits per heavy atom. The molecule has 4 nitrogen and oxygen atoms in total. The fourth-order valence-electron chi connectivity index (χ4n) is 2.58. The van der Waals surface area contributed by atoms with E-state index in [1.165, 1.54) is 6.07 Å². The lowest BCUT2D eigenvalue weighted by atomic mass is 9.92. The predicted octanol–water partition coefficient (Wildman–Crippen LogP) is 3.98. The molecule has 1 aromatic carbocycles. The maximum absolute atomic E-state index is 12.8. The van der Waals surface area contributed by atoms with Gasteiger partial charge in [-0.3, -0.25) is 4.98 Å². The van der Waals surface area contributed by atoms with E-state index >= 15 is 0 Å². The van der Waals surface area contributed by atoms with Crippen LogP contribution < -0.4 is 4.74 Å². The molecule has 0 spiro atoms. The van der Waals surface area contributed by atoms with Gasteiger partial charge in [0, 0.05) is 17.3 Å². The number of hydrogen-bond acceptors (Lipinski definition) is 4. The zero-order valence-electron chi connectivity index (χ0n) is 13.3. The van der Waals surface area contributed by atoms with Crippen molar-refractivity contribution in [3.8, 4) is 5.75 Å². The molecule has 25 heavy (non-hydrogen) atoms. The van der Waals surface area contributed by atoms with E-state index in [-0.39, 0.29) is 5.56 Å². The van der Waals surface area contributed by atoms with Crippen LogP contribution in [0.3, 0.4) is 0 Å². The van der Waals surface area contributed by atoms with Gasteiger partial charge in [-0.25, -0.2) is 8.42 Å². The zero-order valence-corrected chi connectivity index (χ0v) is 14.1. The Labute approximate surface area is 142 Å². The number of benzene rings is 1. The number of halogens is 3. The molecule has 2 aromatic rings. The number of pyridine rings is 1. The molecular weight excluding hydrogens is 355 g/mol. The molecule has 132 valence electrons. The number of rotatable bonds is 2. The minimum absolute atomic E-state index is 0.253. The molecule has 0 N–H and O–H groups in total. The largest absolute Gasteiger partial charge is 0.501 e. The second kappa shape index (κ2) is 5.59. The van der Waals surface area contributed by atoms with Gasteiger partial charge < -0.3 is 4.74 Å². The van der Waals surface area contributed by atoms with Crippen LogP contribution in [0.25, 0.3) is 5.57 Å². The quantitative estimate of drug-likeness (QED) is 0.804. The third kappa shape index (κ3) is 3.13. The average Bonchev–Trinajstić information content (AvgIpc) is 2.52. The Morgan fingerprint density at radius 2 is 1.84 bits per heavy atom. The maximum atomic E-state index is 12.8. The van der Waals surface area contributed by atoms with Crippen LogP contribution in [0.1, 0.15) is 25.1 Å². The lowest BCUT2D eigenvalue weighted by molar-refractivity contribution is -0.0436. The van der Waals surface area contributed by atoms with Crippen LogP contribution in [0, 0.1) is 0 Å². The highest BCUT2D eigenvalue weighted by Gasteiger charge is 2.47. The van der Waals surface area contributed by atoms with Gasteiger partial charge >= 0.3 is 5.51 Å². The Kier molecular flexibility index (Phi) is 3.90. The Morgan fingerprint density at radius 3 is 2.44 bits per heavy atom. The summed E-state index contributed by atoms with van der Waals surface area (Å²) in [4.78, 5) is 3.38. The predicted molar refractivity (Wildman–Crippen MR) is 85.7 cm³/mol. The van der Waals surface area contributed by atoms with E-state index in [0.717, 1.165) is 12.1 Å². The van der Waals surface area contributed by atoms with Crippen LogP contribution in [-0.2, 0) is 9.84 Å². The molecule has 0 saturated carbocycles. The molecule has 0 aliphatic carbocycles. The van der Waals surface area contributed by atoms with Gasteiger partial charge in [0.1, 0.15) is 11.4 Å². The lowest BCUT2D eigenvalue weighted by Gasteiger charge is -2.31. The van der Waals surface area contributed by atoms with Crippen LogP contribution in [0.15, 0.2) is 53.6 Å². The van der Waals surface area contributed by atoms with Gasteiger partial charge in [-0.2, -0.15) is 13.2 Å². The summed E-state index contributed by atoms with van der Waals surface area (Å²) < 4.78 is 67.7. The first-order valence-electron chi connectivity index (χ1n) is 7.30. The molecule has 1 aromatic heterocycles. The Bertz CT molecular complexity index is 949.